The third-order valence-corrected chi connectivity index (χ3v) is 14.2. The minimum atomic E-state index is -4.59. The van der Waals surface area contributed by atoms with E-state index < -0.39 is 88.4 Å². The van der Waals surface area contributed by atoms with Crippen molar-refractivity contribution in [3.05, 3.63) is 24.3 Å². The lowest BCUT2D eigenvalue weighted by Gasteiger charge is -2.37. The summed E-state index contributed by atoms with van der Waals surface area (Å²) in [6.07, 6.45) is -0.131. The molecule has 28 heteroatoms. The molecule has 0 aliphatic carbocycles. The predicted octanol–water partition coefficient (Wildman–Crippen LogP) is 8.35. The quantitative estimate of drug-likeness (QED) is 0.00751. The van der Waals surface area contributed by atoms with Gasteiger partial charge in [0, 0.05) is 11.1 Å². The molecule has 22 nitrogen and oxygen atoms in total. The Morgan fingerprint density at radius 3 is 1.20 bits per heavy atom. The number of carbonyl (C=O) groups is 6. The zero-order chi connectivity index (χ0) is 65.4. The topological polar surface area (TPSA) is 275 Å². The van der Waals surface area contributed by atoms with E-state index in [2.05, 4.69) is 121 Å². The Hall–Kier alpha value is -3.05. The van der Waals surface area contributed by atoms with E-state index in [1.807, 2.05) is 42.3 Å². The summed E-state index contributed by atoms with van der Waals surface area (Å²) in [7, 11) is -0.494. The van der Waals surface area contributed by atoms with Crippen LogP contribution in [0.15, 0.2) is 24.3 Å². The number of rotatable bonds is 30. The predicted molar refractivity (Wildman–Crippen MR) is 332 cm³/mol. The molecule has 0 saturated carbocycles. The largest absolute Gasteiger partial charge is 0.756 e. The van der Waals surface area contributed by atoms with Gasteiger partial charge in [-0.3, -0.25) is 28.3 Å². The molecule has 0 aromatic heterocycles. The van der Waals surface area contributed by atoms with Crippen LogP contribution in [0.25, 0.3) is 0 Å². The normalized spacial score (nSPS) is 14.4. The molecule has 83 heavy (non-hydrogen) atoms. The van der Waals surface area contributed by atoms with Crippen LogP contribution in [0.3, 0.4) is 0 Å². The van der Waals surface area contributed by atoms with Crippen molar-refractivity contribution in [1.29, 1.82) is 0 Å². The van der Waals surface area contributed by atoms with Crippen LogP contribution >= 0.6 is 47.5 Å². The highest BCUT2D eigenvalue weighted by molar-refractivity contribution is 9.10. The number of ether oxygens (including phenoxy) is 6. The number of hydrogen-bond acceptors (Lipinski definition) is 20. The number of likely N-dealkylation sites (N-methyl/N-ethyl adjacent to an activating group) is 2. The molecule has 0 bridgehead atoms. The molecule has 4 atom stereocenters. The van der Waals surface area contributed by atoms with Crippen LogP contribution in [-0.2, 0) is 84.4 Å². The smallest absolute Gasteiger partial charge is 0.334 e. The van der Waals surface area contributed by atoms with Crippen LogP contribution in [-0.4, -0.2) is 191 Å². The lowest BCUT2D eigenvalue weighted by molar-refractivity contribution is -0.870. The number of quaternary nitrogens is 2. The molecule has 0 fully saturated rings. The van der Waals surface area contributed by atoms with Gasteiger partial charge in [0.25, 0.3) is 15.6 Å². The van der Waals surface area contributed by atoms with Crippen LogP contribution in [0.1, 0.15) is 89.5 Å². The third-order valence-electron chi connectivity index (χ3n) is 9.39. The number of esters is 6. The highest BCUT2D eigenvalue weighted by atomic mass is 79.9. The van der Waals surface area contributed by atoms with Crippen LogP contribution < -0.4 is 9.79 Å². The van der Waals surface area contributed by atoms with Gasteiger partial charge in [0.1, 0.15) is 64.3 Å². The number of halogens is 2. The van der Waals surface area contributed by atoms with E-state index in [-0.39, 0.29) is 84.0 Å². The Morgan fingerprint density at radius 1 is 0.518 bits per heavy atom. The summed E-state index contributed by atoms with van der Waals surface area (Å²) in [5.41, 5.74) is 4.36. The second-order valence-corrected chi connectivity index (χ2v) is 40.3. The molecule has 0 aliphatic rings. The minimum Gasteiger partial charge on any atom is -0.756 e. The summed E-state index contributed by atoms with van der Waals surface area (Å²) in [5.74, 6) is 2.64. The van der Waals surface area contributed by atoms with Gasteiger partial charge in [-0.1, -0.05) is 104 Å². The second-order valence-electron chi connectivity index (χ2n) is 24.3. The molecule has 0 saturated heterocycles. The lowest BCUT2D eigenvalue weighted by Crippen LogP contribution is -2.45. The van der Waals surface area contributed by atoms with Gasteiger partial charge in [-0.2, -0.15) is 0 Å². The third kappa shape index (κ3) is 51.9. The summed E-state index contributed by atoms with van der Waals surface area (Å²) in [6, 6.07) is 0. The van der Waals surface area contributed by atoms with E-state index in [9.17, 15) is 47.7 Å². The highest BCUT2D eigenvalue weighted by Crippen LogP contribution is 2.45. The Balaban J connectivity index is -0.000000393. The minimum absolute atomic E-state index is 0. The van der Waals surface area contributed by atoms with Crippen LogP contribution in [0.2, 0.25) is 39.3 Å². The zero-order valence-electron chi connectivity index (χ0n) is 53.0. The Kier molecular flexibility index (Phi) is 43.2. The number of alkyl halides is 2. The van der Waals surface area contributed by atoms with Crippen molar-refractivity contribution in [2.24, 2.45) is 10.8 Å². The first-order chi connectivity index (χ1) is 36.7. The molecule has 4 unspecified atom stereocenters. The number of nitrogens with zero attached hydrogens (tertiary/aromatic N) is 2. The fourth-order valence-electron chi connectivity index (χ4n) is 5.56. The molecule has 0 aliphatic heterocycles. The molecule has 0 heterocycles. The van der Waals surface area contributed by atoms with Crippen LogP contribution in [0.4, 0.5) is 0 Å². The standard InChI is InChI=1S/C27H49BrNO10PSi.C11H22NO6P.C10H16O2Si.C6H11BrO2.CH4/c1-12-35-22(30)25(2,3)20-26(4,21-27(5,28)24(32)36-15-13-19-41(9,10)11)23(31)37-17-18-39-40(33,34)38-16-14-29(6,7)8;1-10(2)11(13)16-8-9-18-19(14,15)17-7-6-12(3,4)5;1-9(2)10(11)12-7-6-8-13(3,4)5;1-4-9-5(8)6(2,3)7;/h12,14-18,20-21H2,1-11H3;1,6-9H2,2-5H3;1,7H2,2-5H3;4H2,1-3H3;1H4. The van der Waals surface area contributed by atoms with Crippen molar-refractivity contribution in [1.82, 2.24) is 0 Å². The van der Waals surface area contributed by atoms with Crippen molar-refractivity contribution in [2.75, 3.05) is 121 Å². The van der Waals surface area contributed by atoms with Crippen molar-refractivity contribution in [2.45, 2.75) is 137 Å². The number of phosphoric ester groups is 2. The number of carbonyl (C=O) groups excluding carboxylic acids is 6. The molecular formula is C55H102Br2N2O20P2Si2. The first kappa shape index (κ1) is 88.7. The first-order valence-corrected chi connectivity index (χ1v) is 37.7. The van der Waals surface area contributed by atoms with Gasteiger partial charge in [0.15, 0.2) is 13.2 Å². The van der Waals surface area contributed by atoms with Crippen molar-refractivity contribution in [3.8, 4) is 22.9 Å². The van der Waals surface area contributed by atoms with Crippen LogP contribution in [0.5, 0.6) is 0 Å². The second kappa shape index (κ2) is 40.4. The van der Waals surface area contributed by atoms with E-state index in [0.717, 1.165) is 0 Å². The molecule has 0 aromatic rings. The summed E-state index contributed by atoms with van der Waals surface area (Å²) >= 11 is 6.58. The number of phosphoric acid groups is 2. The Labute approximate surface area is 516 Å². The van der Waals surface area contributed by atoms with Gasteiger partial charge in [-0.25, -0.2) is 9.59 Å². The van der Waals surface area contributed by atoms with Gasteiger partial charge in [-0.05, 0) is 82.1 Å². The van der Waals surface area contributed by atoms with E-state index in [4.69, 9.17) is 32.7 Å². The average Bonchev–Trinajstić information content (AvgIpc) is 3.27. The maximum Gasteiger partial charge on any atom is 0.334 e. The highest BCUT2D eigenvalue weighted by Gasteiger charge is 2.50. The summed E-state index contributed by atoms with van der Waals surface area (Å²) < 4.78 is 71.6. The van der Waals surface area contributed by atoms with E-state index in [1.54, 1.807) is 62.3 Å². The van der Waals surface area contributed by atoms with E-state index >= 15 is 0 Å². The van der Waals surface area contributed by atoms with E-state index in [1.165, 1.54) is 6.92 Å². The Bertz CT molecular complexity index is 2300. The molecule has 0 radical (unpaired) electrons. The number of hydrogen-bond donors (Lipinski definition) is 0. The molecule has 0 rings (SSSR count). The molecule has 0 N–H and O–H groups in total. The van der Waals surface area contributed by atoms with Gasteiger partial charge < -0.3 is 65.3 Å². The van der Waals surface area contributed by atoms with Gasteiger partial charge in [-0.15, -0.1) is 11.1 Å². The average molecular weight is 1390 g/mol. The van der Waals surface area contributed by atoms with Crippen molar-refractivity contribution < 1.29 is 103 Å². The maximum absolute atomic E-state index is 13.4. The zero-order valence-corrected chi connectivity index (χ0v) is 60.0. The molecule has 484 valence electrons. The van der Waals surface area contributed by atoms with Gasteiger partial charge in [0.2, 0.25) is 0 Å². The summed E-state index contributed by atoms with van der Waals surface area (Å²) in [5, 5.41) is 0. The van der Waals surface area contributed by atoms with Crippen molar-refractivity contribution >= 4 is 99.5 Å². The Morgan fingerprint density at radius 2 is 0.867 bits per heavy atom. The monoisotopic (exact) mass is 1390 g/mol. The molecule has 0 amide bonds. The molecular weight excluding hydrogens is 1290 g/mol. The lowest BCUT2D eigenvalue weighted by atomic mass is 9.69. The van der Waals surface area contributed by atoms with Crippen LogP contribution in [0, 0.1) is 33.8 Å². The summed E-state index contributed by atoms with van der Waals surface area (Å²) in [6.45, 7) is 36.3. The van der Waals surface area contributed by atoms with Crippen molar-refractivity contribution in [3.63, 3.8) is 0 Å². The maximum atomic E-state index is 13.4. The van der Waals surface area contributed by atoms with Gasteiger partial charge in [0.05, 0.1) is 79.5 Å². The fourth-order valence-corrected chi connectivity index (χ4v) is 8.97. The molecule has 0 aromatic carbocycles. The summed E-state index contributed by atoms with van der Waals surface area (Å²) in [4.78, 5) is 95.0. The SMILES string of the molecule is C.C=C(C)C(=O)OCC#C[Si](C)(C)C.C=C(C)C(=O)OCCOP(=O)([O-])OCC[N+](C)(C)C.CCOC(=O)C(C)(C)Br.CCOC(=O)C(C)(C)CC(C)(CC(C)(Br)C(=O)OCC#C[Si](C)(C)C)C(=O)OCCOP(=O)([O-])OCC[N+](C)(C)C. The van der Waals surface area contributed by atoms with Gasteiger partial charge >= 0.3 is 35.8 Å². The molecule has 0 spiro atoms. The fraction of sp³-hybridized carbons (Fsp3) is 0.745. The van der Waals surface area contributed by atoms with E-state index in [0.29, 0.717) is 34.2 Å². The first-order valence-electron chi connectivity index (χ1n) is 26.2.